The first-order valence-corrected chi connectivity index (χ1v) is 7.81. The largest absolute Gasteiger partial charge is 0.469 e. The van der Waals surface area contributed by atoms with Crippen LogP contribution in [0.15, 0.2) is 36.4 Å². The molecule has 3 atom stereocenters. The number of fused-ring (bicyclic) bond motifs is 6. The zero-order chi connectivity index (χ0) is 16.2. The first kappa shape index (κ1) is 14.3. The number of thiocarbonyl (C=S) groups is 1. The zero-order valence-corrected chi connectivity index (χ0v) is 13.6. The van der Waals surface area contributed by atoms with Gasteiger partial charge in [0.15, 0.2) is 10.8 Å². The molecule has 5 nitrogen and oxygen atoms in total. The monoisotopic (exact) mass is 328 g/mol. The summed E-state index contributed by atoms with van der Waals surface area (Å²) in [6.45, 7) is 1.83. The van der Waals surface area contributed by atoms with Crippen molar-refractivity contribution in [3.8, 4) is 5.75 Å². The minimum atomic E-state index is -0.935. The fraction of sp³-hybridized carbons (Fsp3) is 0.294. The number of methoxy groups -OCH3 is 1. The highest BCUT2D eigenvalue weighted by molar-refractivity contribution is 7.80. The number of ether oxygens (including phenoxy) is 2. The van der Waals surface area contributed by atoms with Crippen LogP contribution in [-0.4, -0.2) is 23.9 Å². The Kier molecular flexibility index (Phi) is 2.99. The van der Waals surface area contributed by atoms with E-state index in [1.165, 1.54) is 7.11 Å². The number of hydrogen-bond acceptors (Lipinski definition) is 4. The molecule has 0 radical (unpaired) electrons. The molecule has 0 saturated carbocycles. The Morgan fingerprint density at radius 1 is 1.30 bits per heavy atom. The number of benzene rings is 2. The molecule has 2 aliphatic heterocycles. The third kappa shape index (κ3) is 1.98. The van der Waals surface area contributed by atoms with Gasteiger partial charge in [0.1, 0.15) is 11.7 Å². The van der Waals surface area contributed by atoms with E-state index in [-0.39, 0.29) is 12.0 Å². The summed E-state index contributed by atoms with van der Waals surface area (Å²) >= 11 is 5.31. The minimum Gasteiger partial charge on any atom is -0.469 e. The summed E-state index contributed by atoms with van der Waals surface area (Å²) in [4.78, 5) is 12.4. The molecule has 0 spiro atoms. The maximum atomic E-state index is 12.4. The third-order valence-corrected chi connectivity index (χ3v) is 4.81. The minimum absolute atomic E-state index is 0.295. The third-order valence-electron chi connectivity index (χ3n) is 4.59. The SMILES string of the molecule is COC(=O)[C@@H]1[C@H]2NC(=S)N[C@@]1(C)Oc1ccc3ccccc3c12. The van der Waals surface area contributed by atoms with Crippen molar-refractivity contribution in [3.63, 3.8) is 0 Å². The molecule has 1 saturated heterocycles. The summed E-state index contributed by atoms with van der Waals surface area (Å²) in [5.41, 5.74) is 0.00931. The molecular weight excluding hydrogens is 312 g/mol. The maximum absolute atomic E-state index is 12.4. The topological polar surface area (TPSA) is 59.6 Å². The van der Waals surface area contributed by atoms with Crippen molar-refractivity contribution < 1.29 is 14.3 Å². The van der Waals surface area contributed by atoms with Crippen molar-refractivity contribution in [3.05, 3.63) is 42.0 Å². The first-order valence-electron chi connectivity index (χ1n) is 7.40. The van der Waals surface area contributed by atoms with E-state index in [2.05, 4.69) is 10.6 Å². The summed E-state index contributed by atoms with van der Waals surface area (Å²) in [6.07, 6.45) is 0. The van der Waals surface area contributed by atoms with E-state index in [9.17, 15) is 4.79 Å². The highest BCUT2D eigenvalue weighted by Crippen LogP contribution is 2.47. The lowest BCUT2D eigenvalue weighted by Crippen LogP contribution is -2.70. The van der Waals surface area contributed by atoms with E-state index in [0.717, 1.165) is 22.1 Å². The normalized spacial score (nSPS) is 28.2. The number of nitrogens with one attached hydrogen (secondary N) is 2. The standard InChI is InChI=1S/C17H16N2O3S/c1-17-13(15(20)21-2)14(18-16(23)19-17)12-10-6-4-3-5-9(10)7-8-11(12)22-17/h3-8,13-14H,1-2H3,(H2,18,19,23)/t13-,14-,17-/m0/s1. The summed E-state index contributed by atoms with van der Waals surface area (Å²) in [5, 5.41) is 8.91. The molecule has 1 fully saturated rings. The van der Waals surface area contributed by atoms with E-state index in [4.69, 9.17) is 21.7 Å². The van der Waals surface area contributed by atoms with Gasteiger partial charge in [-0.15, -0.1) is 0 Å². The van der Waals surface area contributed by atoms with Crippen LogP contribution in [0.1, 0.15) is 18.5 Å². The number of carbonyl (C=O) groups excluding carboxylic acids is 1. The fourth-order valence-corrected chi connectivity index (χ4v) is 3.94. The smallest absolute Gasteiger partial charge is 0.317 e. The van der Waals surface area contributed by atoms with Gasteiger partial charge in [0, 0.05) is 5.56 Å². The predicted octanol–water partition coefficient (Wildman–Crippen LogP) is 2.26. The van der Waals surface area contributed by atoms with Crippen molar-refractivity contribution in [2.24, 2.45) is 5.92 Å². The average molecular weight is 328 g/mol. The first-order chi connectivity index (χ1) is 11.0. The van der Waals surface area contributed by atoms with Crippen molar-refractivity contribution in [2.75, 3.05) is 7.11 Å². The van der Waals surface area contributed by atoms with Crippen molar-refractivity contribution in [1.29, 1.82) is 0 Å². The van der Waals surface area contributed by atoms with Crippen molar-refractivity contribution in [1.82, 2.24) is 10.6 Å². The molecule has 2 aromatic rings. The second-order valence-electron chi connectivity index (χ2n) is 5.98. The van der Waals surface area contributed by atoms with Crippen molar-refractivity contribution >= 4 is 34.1 Å². The van der Waals surface area contributed by atoms with Gasteiger partial charge in [-0.05, 0) is 36.0 Å². The van der Waals surface area contributed by atoms with E-state index in [0.29, 0.717) is 5.11 Å². The number of rotatable bonds is 1. The average Bonchev–Trinajstić information content (AvgIpc) is 2.52. The van der Waals surface area contributed by atoms with Crippen LogP contribution in [0.3, 0.4) is 0 Å². The number of esters is 1. The van der Waals surface area contributed by atoms with E-state index < -0.39 is 11.6 Å². The van der Waals surface area contributed by atoms with Gasteiger partial charge in [-0.1, -0.05) is 30.3 Å². The molecule has 2 heterocycles. The van der Waals surface area contributed by atoms with Gasteiger partial charge >= 0.3 is 5.97 Å². The Hall–Kier alpha value is -2.34. The van der Waals surface area contributed by atoms with Gasteiger partial charge in [0.05, 0.1) is 13.2 Å². The highest BCUT2D eigenvalue weighted by atomic mass is 32.1. The Labute approximate surface area is 139 Å². The van der Waals surface area contributed by atoms with Crippen LogP contribution in [0.2, 0.25) is 0 Å². The summed E-state index contributed by atoms with van der Waals surface area (Å²) in [5.74, 6) is -0.130. The van der Waals surface area contributed by atoms with Gasteiger partial charge in [-0.2, -0.15) is 0 Å². The van der Waals surface area contributed by atoms with Crippen LogP contribution in [0.4, 0.5) is 0 Å². The van der Waals surface area contributed by atoms with Crippen molar-refractivity contribution in [2.45, 2.75) is 18.7 Å². The Balaban J connectivity index is 1.99. The molecule has 0 unspecified atom stereocenters. The lowest BCUT2D eigenvalue weighted by Gasteiger charge is -2.50. The van der Waals surface area contributed by atoms with Crippen LogP contribution in [0, 0.1) is 5.92 Å². The molecule has 0 aliphatic carbocycles. The van der Waals surface area contributed by atoms with Gasteiger partial charge in [0.25, 0.3) is 0 Å². The van der Waals surface area contributed by atoms with Crippen LogP contribution in [0.25, 0.3) is 10.8 Å². The van der Waals surface area contributed by atoms with Crippen LogP contribution in [-0.2, 0) is 9.53 Å². The van der Waals surface area contributed by atoms with E-state index >= 15 is 0 Å². The van der Waals surface area contributed by atoms with Crippen LogP contribution < -0.4 is 15.4 Å². The maximum Gasteiger partial charge on any atom is 0.317 e. The fourth-order valence-electron chi connectivity index (χ4n) is 3.61. The summed E-state index contributed by atoms with van der Waals surface area (Å²) in [7, 11) is 1.39. The summed E-state index contributed by atoms with van der Waals surface area (Å²) in [6, 6.07) is 11.7. The quantitative estimate of drug-likeness (QED) is 0.618. The molecule has 6 heteroatoms. The van der Waals surface area contributed by atoms with Crippen LogP contribution >= 0.6 is 12.2 Å². The molecule has 2 aromatic carbocycles. The van der Waals surface area contributed by atoms with Gasteiger partial charge < -0.3 is 20.1 Å². The molecule has 23 heavy (non-hydrogen) atoms. The van der Waals surface area contributed by atoms with E-state index in [1.807, 2.05) is 43.3 Å². The van der Waals surface area contributed by atoms with Gasteiger partial charge in [-0.25, -0.2) is 0 Å². The van der Waals surface area contributed by atoms with E-state index in [1.54, 1.807) is 0 Å². The number of carbonyl (C=O) groups is 1. The second-order valence-corrected chi connectivity index (χ2v) is 6.39. The molecule has 0 aromatic heterocycles. The lowest BCUT2D eigenvalue weighted by molar-refractivity contribution is -0.159. The Morgan fingerprint density at radius 2 is 2.09 bits per heavy atom. The molecular formula is C17H16N2O3S. The van der Waals surface area contributed by atoms with Gasteiger partial charge in [-0.3, -0.25) is 4.79 Å². The number of hydrogen-bond donors (Lipinski definition) is 2. The highest BCUT2D eigenvalue weighted by Gasteiger charge is 2.55. The molecule has 2 N–H and O–H groups in total. The second kappa shape index (κ2) is 4.83. The van der Waals surface area contributed by atoms with Gasteiger partial charge in [0.2, 0.25) is 0 Å². The molecule has 4 rings (SSSR count). The predicted molar refractivity (Wildman–Crippen MR) is 90.1 cm³/mol. The molecule has 0 amide bonds. The Bertz CT molecular complexity index is 838. The lowest BCUT2D eigenvalue weighted by atomic mass is 9.79. The molecule has 118 valence electrons. The summed E-state index contributed by atoms with van der Waals surface area (Å²) < 4.78 is 11.2. The molecule has 2 aliphatic rings. The Morgan fingerprint density at radius 3 is 2.87 bits per heavy atom. The van der Waals surface area contributed by atoms with Crippen LogP contribution in [0.5, 0.6) is 5.75 Å². The zero-order valence-electron chi connectivity index (χ0n) is 12.8. The molecule has 2 bridgehead atoms.